The van der Waals surface area contributed by atoms with Crippen molar-refractivity contribution in [2.75, 3.05) is 32.7 Å². The molecule has 0 aromatic carbocycles. The summed E-state index contributed by atoms with van der Waals surface area (Å²) in [4.78, 5) is 32.7. The lowest BCUT2D eigenvalue weighted by molar-refractivity contribution is -0.126. The molecule has 1 aromatic rings. The quantitative estimate of drug-likeness (QED) is 0.854. The van der Waals surface area contributed by atoms with Gasteiger partial charge >= 0.3 is 6.03 Å². The van der Waals surface area contributed by atoms with Crippen molar-refractivity contribution in [3.05, 3.63) is 16.1 Å². The fraction of sp³-hybridized carbons (Fsp3) is 0.706. The average molecular weight is 353 g/mol. The molecule has 2 rings (SSSR count). The van der Waals surface area contributed by atoms with Gasteiger partial charge in [-0.25, -0.2) is 9.78 Å². The molecule has 0 atom stereocenters. The van der Waals surface area contributed by atoms with Crippen molar-refractivity contribution < 1.29 is 9.59 Å². The third-order valence-electron chi connectivity index (χ3n) is 4.52. The smallest absolute Gasteiger partial charge is 0.319 e. The number of aryl methyl sites for hydroxylation is 1. The molecule has 1 saturated heterocycles. The van der Waals surface area contributed by atoms with Gasteiger partial charge in [0.15, 0.2) is 0 Å². The van der Waals surface area contributed by atoms with E-state index in [1.807, 2.05) is 36.0 Å². The zero-order chi connectivity index (χ0) is 17.5. The van der Waals surface area contributed by atoms with Crippen molar-refractivity contribution in [2.45, 2.75) is 40.0 Å². The molecule has 0 spiro atoms. The molecular formula is C17H28N4O2S. The van der Waals surface area contributed by atoms with Crippen LogP contribution in [0.25, 0.3) is 0 Å². The van der Waals surface area contributed by atoms with E-state index in [2.05, 4.69) is 10.3 Å². The number of thiazole rings is 1. The Kier molecular flexibility index (Phi) is 7.02. The topological polar surface area (TPSA) is 65.5 Å². The molecule has 1 fully saturated rings. The van der Waals surface area contributed by atoms with Crippen LogP contribution in [0.1, 0.15) is 37.4 Å². The van der Waals surface area contributed by atoms with Gasteiger partial charge in [0.2, 0.25) is 5.91 Å². The lowest BCUT2D eigenvalue weighted by atomic mass is 9.96. The predicted molar refractivity (Wildman–Crippen MR) is 96.2 cm³/mol. The normalized spacial score (nSPS) is 15.4. The summed E-state index contributed by atoms with van der Waals surface area (Å²) in [6.45, 7) is 9.38. The zero-order valence-corrected chi connectivity index (χ0v) is 15.7. The number of piperidine rings is 1. The molecule has 1 N–H and O–H groups in total. The predicted octanol–water partition coefficient (Wildman–Crippen LogP) is 2.28. The third-order valence-corrected chi connectivity index (χ3v) is 5.34. The number of nitrogens with one attached hydrogen (secondary N) is 1. The fourth-order valence-electron chi connectivity index (χ4n) is 3.01. The SMILES string of the molecule is CCN(CC)C(=O)N1CCC(C(=O)NCCc2csc(C)n2)CC1. The number of amides is 3. The molecule has 24 heavy (non-hydrogen) atoms. The molecular weight excluding hydrogens is 324 g/mol. The number of carbonyl (C=O) groups is 2. The highest BCUT2D eigenvalue weighted by Gasteiger charge is 2.28. The number of likely N-dealkylation sites (tertiary alicyclic amines) is 1. The first kappa shape index (κ1) is 18.7. The molecule has 2 heterocycles. The van der Waals surface area contributed by atoms with Crippen LogP contribution in [0.3, 0.4) is 0 Å². The molecule has 6 nitrogen and oxygen atoms in total. The minimum atomic E-state index is 0.0166. The van der Waals surface area contributed by atoms with Crippen molar-refractivity contribution in [3.8, 4) is 0 Å². The Morgan fingerprint density at radius 3 is 2.54 bits per heavy atom. The van der Waals surface area contributed by atoms with Crippen molar-refractivity contribution in [1.82, 2.24) is 20.1 Å². The molecule has 0 unspecified atom stereocenters. The molecule has 0 aliphatic carbocycles. The van der Waals surface area contributed by atoms with Gasteiger partial charge in [-0.2, -0.15) is 0 Å². The second kappa shape index (κ2) is 9.01. The van der Waals surface area contributed by atoms with Crippen LogP contribution in [0.5, 0.6) is 0 Å². The van der Waals surface area contributed by atoms with E-state index in [-0.39, 0.29) is 17.9 Å². The van der Waals surface area contributed by atoms with Gasteiger partial charge < -0.3 is 15.1 Å². The molecule has 1 aliphatic heterocycles. The molecule has 7 heteroatoms. The Labute approximate surface area is 148 Å². The van der Waals surface area contributed by atoms with Crippen LogP contribution in [0.2, 0.25) is 0 Å². The summed E-state index contributed by atoms with van der Waals surface area (Å²) >= 11 is 1.63. The van der Waals surface area contributed by atoms with Crippen LogP contribution in [0.15, 0.2) is 5.38 Å². The minimum Gasteiger partial charge on any atom is -0.355 e. The molecule has 1 aromatic heterocycles. The van der Waals surface area contributed by atoms with Gasteiger partial charge in [-0.1, -0.05) is 0 Å². The van der Waals surface area contributed by atoms with E-state index in [0.29, 0.717) is 19.6 Å². The fourth-order valence-corrected chi connectivity index (χ4v) is 3.66. The van der Waals surface area contributed by atoms with Gasteiger partial charge in [-0.15, -0.1) is 11.3 Å². The average Bonchev–Trinajstić information content (AvgIpc) is 3.01. The van der Waals surface area contributed by atoms with E-state index in [4.69, 9.17) is 0 Å². The van der Waals surface area contributed by atoms with E-state index in [0.717, 1.165) is 43.1 Å². The highest BCUT2D eigenvalue weighted by Crippen LogP contribution is 2.18. The first-order chi connectivity index (χ1) is 11.5. The van der Waals surface area contributed by atoms with Gasteiger partial charge in [-0.3, -0.25) is 4.79 Å². The lowest BCUT2D eigenvalue weighted by Crippen LogP contribution is -2.48. The maximum Gasteiger partial charge on any atom is 0.319 e. The lowest BCUT2D eigenvalue weighted by Gasteiger charge is -2.34. The Hall–Kier alpha value is -1.63. The summed E-state index contributed by atoms with van der Waals surface area (Å²) in [6.07, 6.45) is 2.26. The Morgan fingerprint density at radius 2 is 2.00 bits per heavy atom. The maximum absolute atomic E-state index is 12.3. The van der Waals surface area contributed by atoms with E-state index >= 15 is 0 Å². The van der Waals surface area contributed by atoms with Gasteiger partial charge in [0, 0.05) is 50.4 Å². The number of nitrogens with zero attached hydrogens (tertiary/aromatic N) is 3. The number of urea groups is 1. The second-order valence-electron chi connectivity index (χ2n) is 6.12. The number of aromatic nitrogens is 1. The maximum atomic E-state index is 12.3. The van der Waals surface area contributed by atoms with Crippen LogP contribution in [0, 0.1) is 12.8 Å². The van der Waals surface area contributed by atoms with Crippen molar-refractivity contribution in [1.29, 1.82) is 0 Å². The standard InChI is InChI=1S/C17H28N4O2S/c1-4-20(5-2)17(23)21-10-7-14(8-11-21)16(22)18-9-6-15-12-24-13(3)19-15/h12,14H,4-11H2,1-3H3,(H,18,22). The highest BCUT2D eigenvalue weighted by molar-refractivity contribution is 7.09. The van der Waals surface area contributed by atoms with Crippen LogP contribution >= 0.6 is 11.3 Å². The van der Waals surface area contributed by atoms with Crippen LogP contribution in [-0.4, -0.2) is 59.4 Å². The van der Waals surface area contributed by atoms with Crippen molar-refractivity contribution in [3.63, 3.8) is 0 Å². The molecule has 0 radical (unpaired) electrons. The number of hydrogen-bond acceptors (Lipinski definition) is 4. The summed E-state index contributed by atoms with van der Waals surface area (Å²) in [5.74, 6) is 0.125. The Bertz CT molecular complexity index is 549. The number of carbonyl (C=O) groups excluding carboxylic acids is 2. The first-order valence-electron chi connectivity index (χ1n) is 8.77. The van der Waals surface area contributed by atoms with Gasteiger partial charge in [0.05, 0.1) is 10.7 Å². The van der Waals surface area contributed by atoms with Crippen LogP contribution in [-0.2, 0) is 11.2 Å². The molecule has 134 valence electrons. The third kappa shape index (κ3) is 4.93. The summed E-state index contributed by atoms with van der Waals surface area (Å²) in [7, 11) is 0. The van der Waals surface area contributed by atoms with Gasteiger partial charge in [0.1, 0.15) is 0 Å². The van der Waals surface area contributed by atoms with Gasteiger partial charge in [0.25, 0.3) is 0 Å². The minimum absolute atomic E-state index is 0.0166. The molecule has 0 bridgehead atoms. The number of rotatable bonds is 6. The zero-order valence-electron chi connectivity index (χ0n) is 14.9. The van der Waals surface area contributed by atoms with E-state index < -0.39 is 0 Å². The van der Waals surface area contributed by atoms with Crippen molar-refractivity contribution >= 4 is 23.3 Å². The molecule has 1 aliphatic rings. The first-order valence-corrected chi connectivity index (χ1v) is 9.65. The van der Waals surface area contributed by atoms with E-state index in [1.54, 1.807) is 11.3 Å². The summed E-state index contributed by atoms with van der Waals surface area (Å²) in [6, 6.07) is 0.0951. The van der Waals surface area contributed by atoms with Crippen LogP contribution < -0.4 is 5.32 Å². The van der Waals surface area contributed by atoms with Gasteiger partial charge in [-0.05, 0) is 33.6 Å². The van der Waals surface area contributed by atoms with Crippen LogP contribution in [0.4, 0.5) is 4.79 Å². The van der Waals surface area contributed by atoms with E-state index in [9.17, 15) is 9.59 Å². The Morgan fingerprint density at radius 1 is 1.33 bits per heavy atom. The monoisotopic (exact) mass is 352 g/mol. The number of hydrogen-bond donors (Lipinski definition) is 1. The van der Waals surface area contributed by atoms with E-state index in [1.165, 1.54) is 0 Å². The van der Waals surface area contributed by atoms with Crippen molar-refractivity contribution in [2.24, 2.45) is 5.92 Å². The molecule has 3 amide bonds. The summed E-state index contributed by atoms with van der Waals surface area (Å²) < 4.78 is 0. The Balaban J connectivity index is 1.71. The highest BCUT2D eigenvalue weighted by atomic mass is 32.1. The summed E-state index contributed by atoms with van der Waals surface area (Å²) in [5, 5.41) is 6.11. The summed E-state index contributed by atoms with van der Waals surface area (Å²) in [5.41, 5.74) is 1.04. The molecule has 0 saturated carbocycles. The largest absolute Gasteiger partial charge is 0.355 e. The second-order valence-corrected chi connectivity index (χ2v) is 7.18.